The second-order valence-electron chi connectivity index (χ2n) is 2.65. The largest absolute Gasteiger partial charge is 0.295 e. The molecule has 0 amide bonds. The van der Waals surface area contributed by atoms with Gasteiger partial charge in [0, 0.05) is 6.42 Å². The number of fused-ring (bicyclic) bond motifs is 1. The molecular weight excluding hydrogens is 112 g/mol. The number of allylic oxidation sites excluding steroid dienone is 4. The van der Waals surface area contributed by atoms with Crippen LogP contribution in [0.5, 0.6) is 0 Å². The van der Waals surface area contributed by atoms with Gasteiger partial charge in [-0.1, -0.05) is 12.2 Å². The van der Waals surface area contributed by atoms with Gasteiger partial charge in [0.25, 0.3) is 0 Å². The Bertz CT molecular complexity index is 211. The first-order valence-electron chi connectivity index (χ1n) is 3.27. The predicted octanol–water partition coefficient (Wildman–Crippen LogP) is 1.46. The van der Waals surface area contributed by atoms with Crippen molar-refractivity contribution in [2.45, 2.75) is 12.8 Å². The fraction of sp³-hybridized carbons (Fsp3) is 0.375. The van der Waals surface area contributed by atoms with E-state index in [4.69, 9.17) is 0 Å². The maximum Gasteiger partial charge on any atom is 0.156 e. The van der Waals surface area contributed by atoms with Crippen molar-refractivity contribution in [2.24, 2.45) is 5.92 Å². The molecule has 0 radical (unpaired) electrons. The summed E-state index contributed by atoms with van der Waals surface area (Å²) in [5.74, 6) is 0.858. The van der Waals surface area contributed by atoms with Crippen LogP contribution in [0.4, 0.5) is 0 Å². The second kappa shape index (κ2) is 1.56. The average Bonchev–Trinajstić information content (AvgIpc) is 2.22. The lowest BCUT2D eigenvalue weighted by Crippen LogP contribution is -1.93. The summed E-state index contributed by atoms with van der Waals surface area (Å²) >= 11 is 0. The standard InChI is InChI=1S/C8H8O/c9-8-4-6-2-1-3-7(6)5-8/h1-2,4,7H,3,5H2. The van der Waals surface area contributed by atoms with Crippen LogP contribution in [-0.2, 0) is 4.79 Å². The molecule has 0 aromatic heterocycles. The first-order valence-corrected chi connectivity index (χ1v) is 3.27. The Morgan fingerprint density at radius 2 is 2.44 bits per heavy atom. The summed E-state index contributed by atoms with van der Waals surface area (Å²) in [6.07, 6.45) is 7.81. The smallest absolute Gasteiger partial charge is 0.156 e. The molecule has 0 saturated heterocycles. The Kier molecular flexibility index (Phi) is 0.865. The van der Waals surface area contributed by atoms with E-state index in [-0.39, 0.29) is 0 Å². The van der Waals surface area contributed by atoms with Crippen molar-refractivity contribution in [1.29, 1.82) is 0 Å². The van der Waals surface area contributed by atoms with Crippen molar-refractivity contribution >= 4 is 5.78 Å². The molecule has 0 bridgehead atoms. The van der Waals surface area contributed by atoms with Crippen LogP contribution >= 0.6 is 0 Å². The van der Waals surface area contributed by atoms with Gasteiger partial charge in [0.1, 0.15) is 0 Å². The lowest BCUT2D eigenvalue weighted by molar-refractivity contribution is -0.114. The minimum Gasteiger partial charge on any atom is -0.295 e. The van der Waals surface area contributed by atoms with E-state index in [1.165, 1.54) is 5.57 Å². The van der Waals surface area contributed by atoms with Gasteiger partial charge in [-0.2, -0.15) is 0 Å². The topological polar surface area (TPSA) is 17.1 Å². The molecule has 46 valence electrons. The van der Waals surface area contributed by atoms with E-state index in [0.29, 0.717) is 11.7 Å². The van der Waals surface area contributed by atoms with Crippen LogP contribution in [0.15, 0.2) is 23.8 Å². The molecule has 0 aromatic rings. The molecule has 0 fully saturated rings. The molecule has 0 N–H and O–H groups in total. The first-order chi connectivity index (χ1) is 4.36. The molecule has 2 aliphatic rings. The number of carbonyl (C=O) groups is 1. The fourth-order valence-corrected chi connectivity index (χ4v) is 1.50. The normalized spacial score (nSPS) is 30.9. The summed E-state index contributed by atoms with van der Waals surface area (Å²) in [6.45, 7) is 0. The number of carbonyl (C=O) groups excluding carboxylic acids is 1. The van der Waals surface area contributed by atoms with Crippen molar-refractivity contribution in [3.63, 3.8) is 0 Å². The van der Waals surface area contributed by atoms with Gasteiger partial charge in [-0.05, 0) is 24.0 Å². The lowest BCUT2D eigenvalue weighted by Gasteiger charge is -1.98. The van der Waals surface area contributed by atoms with E-state index < -0.39 is 0 Å². The highest BCUT2D eigenvalue weighted by Gasteiger charge is 2.24. The highest BCUT2D eigenvalue weighted by atomic mass is 16.1. The summed E-state index contributed by atoms with van der Waals surface area (Å²) in [5.41, 5.74) is 1.25. The van der Waals surface area contributed by atoms with Gasteiger partial charge in [0.2, 0.25) is 0 Å². The highest BCUT2D eigenvalue weighted by Crippen LogP contribution is 2.32. The number of hydrogen-bond acceptors (Lipinski definition) is 1. The van der Waals surface area contributed by atoms with Crippen molar-refractivity contribution in [1.82, 2.24) is 0 Å². The van der Waals surface area contributed by atoms with Crippen LogP contribution < -0.4 is 0 Å². The molecule has 0 aromatic carbocycles. The third kappa shape index (κ3) is 0.645. The van der Waals surface area contributed by atoms with Gasteiger partial charge in [-0.3, -0.25) is 4.79 Å². The van der Waals surface area contributed by atoms with Gasteiger partial charge in [-0.25, -0.2) is 0 Å². The average molecular weight is 120 g/mol. The van der Waals surface area contributed by atoms with Gasteiger partial charge >= 0.3 is 0 Å². The molecule has 9 heavy (non-hydrogen) atoms. The number of ketones is 1. The quantitative estimate of drug-likeness (QED) is 0.473. The monoisotopic (exact) mass is 120 g/mol. The Hall–Kier alpha value is -0.850. The highest BCUT2D eigenvalue weighted by molar-refractivity contribution is 5.94. The SMILES string of the molecule is O=C1C=C2C=CCC2C1. The van der Waals surface area contributed by atoms with Crippen molar-refractivity contribution in [3.05, 3.63) is 23.8 Å². The van der Waals surface area contributed by atoms with Crippen LogP contribution in [-0.4, -0.2) is 5.78 Å². The van der Waals surface area contributed by atoms with E-state index >= 15 is 0 Å². The Balaban J connectivity index is 2.36. The number of hydrogen-bond donors (Lipinski definition) is 0. The Morgan fingerprint density at radius 1 is 1.56 bits per heavy atom. The third-order valence-electron chi connectivity index (χ3n) is 1.98. The Labute approximate surface area is 54.1 Å². The van der Waals surface area contributed by atoms with Crippen molar-refractivity contribution in [3.8, 4) is 0 Å². The minimum atomic E-state index is 0.305. The van der Waals surface area contributed by atoms with E-state index in [0.717, 1.165) is 12.8 Å². The maximum atomic E-state index is 10.7. The summed E-state index contributed by atoms with van der Waals surface area (Å²) in [7, 11) is 0. The summed E-state index contributed by atoms with van der Waals surface area (Å²) in [4.78, 5) is 10.7. The third-order valence-corrected chi connectivity index (χ3v) is 1.98. The molecule has 0 spiro atoms. The van der Waals surface area contributed by atoms with Crippen LogP contribution in [0.25, 0.3) is 0 Å². The molecule has 0 aliphatic heterocycles. The lowest BCUT2D eigenvalue weighted by atomic mass is 10.0. The van der Waals surface area contributed by atoms with Gasteiger partial charge < -0.3 is 0 Å². The molecule has 2 aliphatic carbocycles. The summed E-state index contributed by atoms with van der Waals surface area (Å²) in [5, 5.41) is 0. The van der Waals surface area contributed by atoms with E-state index in [9.17, 15) is 4.79 Å². The van der Waals surface area contributed by atoms with Crippen molar-refractivity contribution in [2.75, 3.05) is 0 Å². The zero-order valence-corrected chi connectivity index (χ0v) is 5.13. The zero-order chi connectivity index (χ0) is 6.27. The summed E-state index contributed by atoms with van der Waals surface area (Å²) < 4.78 is 0. The van der Waals surface area contributed by atoms with Gasteiger partial charge in [-0.15, -0.1) is 0 Å². The van der Waals surface area contributed by atoms with E-state index in [1.807, 2.05) is 0 Å². The Morgan fingerprint density at radius 3 is 3.22 bits per heavy atom. The van der Waals surface area contributed by atoms with Crippen LogP contribution in [0.2, 0.25) is 0 Å². The molecule has 0 saturated carbocycles. The van der Waals surface area contributed by atoms with Gasteiger partial charge in [0.15, 0.2) is 5.78 Å². The number of rotatable bonds is 0. The fourth-order valence-electron chi connectivity index (χ4n) is 1.50. The molecule has 2 rings (SSSR count). The molecule has 0 heterocycles. The predicted molar refractivity (Wildman–Crippen MR) is 35.0 cm³/mol. The van der Waals surface area contributed by atoms with E-state index in [1.54, 1.807) is 6.08 Å². The molecule has 1 nitrogen and oxygen atoms in total. The molecule has 1 heteroatoms. The molecular formula is C8H8O. The van der Waals surface area contributed by atoms with Crippen LogP contribution in [0.1, 0.15) is 12.8 Å². The second-order valence-corrected chi connectivity index (χ2v) is 2.65. The van der Waals surface area contributed by atoms with Crippen LogP contribution in [0, 0.1) is 5.92 Å². The zero-order valence-electron chi connectivity index (χ0n) is 5.13. The van der Waals surface area contributed by atoms with E-state index in [2.05, 4.69) is 12.2 Å². The first kappa shape index (κ1) is 4.98. The molecule has 1 unspecified atom stereocenters. The van der Waals surface area contributed by atoms with Crippen molar-refractivity contribution < 1.29 is 4.79 Å². The van der Waals surface area contributed by atoms with Gasteiger partial charge in [0.05, 0.1) is 0 Å². The maximum absolute atomic E-state index is 10.7. The minimum absolute atomic E-state index is 0.305. The summed E-state index contributed by atoms with van der Waals surface area (Å²) in [6, 6.07) is 0. The van der Waals surface area contributed by atoms with Crippen LogP contribution in [0.3, 0.4) is 0 Å². The molecule has 1 atom stereocenters.